The highest BCUT2D eigenvalue weighted by atomic mass is 35.5. The largest absolute Gasteiger partial charge is 0.332 e. The molecule has 8 heteroatoms. The summed E-state index contributed by atoms with van der Waals surface area (Å²) in [6.45, 7) is 4.52. The van der Waals surface area contributed by atoms with Crippen LogP contribution in [0.1, 0.15) is 39.5 Å². The third-order valence-electron chi connectivity index (χ3n) is 5.08. The Hall–Kier alpha value is -1.79. The maximum Gasteiger partial charge on any atom is 0.246 e. The lowest BCUT2D eigenvalue weighted by Crippen LogP contribution is -2.67. The number of carbonyl (C=O) groups excluding carboxylic acids is 2. The van der Waals surface area contributed by atoms with E-state index in [4.69, 9.17) is 23.2 Å². The molecule has 1 saturated heterocycles. The molecule has 0 spiro atoms. The number of anilines is 1. The Morgan fingerprint density at radius 1 is 1.27 bits per heavy atom. The maximum absolute atomic E-state index is 13.2. The molecule has 1 N–H and O–H groups in total. The maximum atomic E-state index is 13.2. The van der Waals surface area contributed by atoms with Crippen LogP contribution in [-0.4, -0.2) is 36.0 Å². The molecule has 1 aromatic carbocycles. The van der Waals surface area contributed by atoms with E-state index in [2.05, 4.69) is 10.3 Å². The molecule has 140 valence electrons. The monoisotopic (exact) mass is 396 g/mol. The van der Waals surface area contributed by atoms with Crippen LogP contribution in [0.2, 0.25) is 10.0 Å². The second-order valence-corrected chi connectivity index (χ2v) is 7.47. The van der Waals surface area contributed by atoms with Crippen molar-refractivity contribution in [3.63, 3.8) is 0 Å². The summed E-state index contributed by atoms with van der Waals surface area (Å²) in [7, 11) is 0. The van der Waals surface area contributed by atoms with Crippen LogP contribution in [0.3, 0.4) is 0 Å². The lowest BCUT2D eigenvalue weighted by atomic mass is 9.76. The molecule has 1 unspecified atom stereocenters. The summed E-state index contributed by atoms with van der Waals surface area (Å²) >= 11 is 12.3. The van der Waals surface area contributed by atoms with Gasteiger partial charge in [-0.15, -0.1) is 0 Å². The number of unbranched alkanes of at least 4 members (excludes halogenated alkanes) is 1. The van der Waals surface area contributed by atoms with Crippen LogP contribution >= 0.6 is 23.2 Å². The highest BCUT2D eigenvalue weighted by Crippen LogP contribution is 2.36. The van der Waals surface area contributed by atoms with E-state index in [0.29, 0.717) is 35.5 Å². The van der Waals surface area contributed by atoms with Crippen molar-refractivity contribution in [3.05, 3.63) is 28.2 Å². The SMILES string of the molecule is CCCCC1(CC)C(=O)NC2=NCN(c3ccc(Cl)cc3Cl)CN2C1=O. The van der Waals surface area contributed by atoms with E-state index in [1.54, 1.807) is 17.0 Å². The first-order chi connectivity index (χ1) is 12.4. The van der Waals surface area contributed by atoms with E-state index < -0.39 is 5.41 Å². The van der Waals surface area contributed by atoms with Gasteiger partial charge in [-0.1, -0.05) is 49.9 Å². The number of nitrogens with one attached hydrogen (secondary N) is 1. The van der Waals surface area contributed by atoms with Gasteiger partial charge < -0.3 is 4.90 Å². The van der Waals surface area contributed by atoms with Crippen molar-refractivity contribution in [1.82, 2.24) is 10.2 Å². The molecule has 2 aliphatic heterocycles. The Labute approximate surface area is 163 Å². The zero-order chi connectivity index (χ0) is 18.9. The Morgan fingerprint density at radius 3 is 2.69 bits per heavy atom. The van der Waals surface area contributed by atoms with Gasteiger partial charge in [-0.05, 0) is 31.0 Å². The van der Waals surface area contributed by atoms with Crippen LogP contribution in [0.25, 0.3) is 0 Å². The standard InChI is InChI=1S/C18H22Cl2N4O2/c1-3-5-8-18(4-2)15(25)22-17-21-10-23(11-24(17)16(18)26)14-7-6-12(19)9-13(14)20/h6-7,9H,3-5,8,10-11H2,1-2H3,(H,21,22,25). The molecular formula is C18H22Cl2N4O2. The number of nitrogens with zero attached hydrogens (tertiary/aromatic N) is 3. The summed E-state index contributed by atoms with van der Waals surface area (Å²) in [4.78, 5) is 33.7. The van der Waals surface area contributed by atoms with Gasteiger partial charge in [-0.25, -0.2) is 4.99 Å². The van der Waals surface area contributed by atoms with Crippen molar-refractivity contribution >= 4 is 46.7 Å². The van der Waals surface area contributed by atoms with E-state index in [-0.39, 0.29) is 18.5 Å². The van der Waals surface area contributed by atoms with Crippen molar-refractivity contribution in [2.75, 3.05) is 18.2 Å². The fourth-order valence-electron chi connectivity index (χ4n) is 3.44. The Bertz CT molecular complexity index is 768. The average Bonchev–Trinajstić information content (AvgIpc) is 2.62. The van der Waals surface area contributed by atoms with E-state index in [1.165, 1.54) is 0 Å². The topological polar surface area (TPSA) is 65.0 Å². The lowest BCUT2D eigenvalue weighted by molar-refractivity contribution is -0.151. The number of aliphatic imine (C=N–C) groups is 1. The summed E-state index contributed by atoms with van der Waals surface area (Å²) in [5, 5.41) is 3.88. The van der Waals surface area contributed by atoms with Crippen molar-refractivity contribution in [2.24, 2.45) is 10.4 Å². The van der Waals surface area contributed by atoms with Crippen molar-refractivity contribution in [1.29, 1.82) is 0 Å². The van der Waals surface area contributed by atoms with Gasteiger partial charge in [0.25, 0.3) is 0 Å². The molecule has 0 aliphatic carbocycles. The van der Waals surface area contributed by atoms with E-state index in [1.807, 2.05) is 24.8 Å². The number of rotatable bonds is 5. The number of amides is 2. The third kappa shape index (κ3) is 3.16. The van der Waals surface area contributed by atoms with Crippen molar-refractivity contribution in [3.8, 4) is 0 Å². The first-order valence-corrected chi connectivity index (χ1v) is 9.56. The summed E-state index contributed by atoms with van der Waals surface area (Å²) in [6, 6.07) is 5.22. The second-order valence-electron chi connectivity index (χ2n) is 6.63. The minimum atomic E-state index is -1.03. The molecule has 2 aliphatic rings. The minimum absolute atomic E-state index is 0.189. The predicted octanol–water partition coefficient (Wildman–Crippen LogP) is 3.63. The molecule has 0 saturated carbocycles. The van der Waals surface area contributed by atoms with Crippen molar-refractivity contribution < 1.29 is 9.59 Å². The zero-order valence-corrected chi connectivity index (χ0v) is 16.4. The fraction of sp³-hybridized carbons (Fsp3) is 0.500. The Balaban J connectivity index is 1.90. The Kier molecular flexibility index (Phi) is 5.44. The molecule has 6 nitrogen and oxygen atoms in total. The van der Waals surface area contributed by atoms with Crippen LogP contribution in [0.5, 0.6) is 0 Å². The number of hydrogen-bond donors (Lipinski definition) is 1. The molecule has 0 aromatic heterocycles. The minimum Gasteiger partial charge on any atom is -0.332 e. The van der Waals surface area contributed by atoms with Crippen LogP contribution in [0.4, 0.5) is 5.69 Å². The fourth-order valence-corrected chi connectivity index (χ4v) is 3.97. The lowest BCUT2D eigenvalue weighted by Gasteiger charge is -2.44. The number of benzene rings is 1. The first kappa shape index (κ1) is 19.0. The molecule has 1 fully saturated rings. The highest BCUT2D eigenvalue weighted by molar-refractivity contribution is 6.36. The molecule has 1 atom stereocenters. The van der Waals surface area contributed by atoms with Crippen LogP contribution in [0.15, 0.2) is 23.2 Å². The normalized spacial score (nSPS) is 22.8. The average molecular weight is 397 g/mol. The van der Waals surface area contributed by atoms with E-state index >= 15 is 0 Å². The van der Waals surface area contributed by atoms with E-state index in [0.717, 1.165) is 18.5 Å². The zero-order valence-electron chi connectivity index (χ0n) is 14.9. The number of carbonyl (C=O) groups is 2. The third-order valence-corrected chi connectivity index (χ3v) is 5.62. The first-order valence-electron chi connectivity index (χ1n) is 8.80. The molecular weight excluding hydrogens is 375 g/mol. The van der Waals surface area contributed by atoms with Gasteiger partial charge in [0.2, 0.25) is 17.8 Å². The van der Waals surface area contributed by atoms with Gasteiger partial charge in [0.15, 0.2) is 0 Å². The molecule has 26 heavy (non-hydrogen) atoms. The second kappa shape index (κ2) is 7.45. The van der Waals surface area contributed by atoms with Crippen molar-refractivity contribution in [2.45, 2.75) is 39.5 Å². The number of guanidine groups is 1. The van der Waals surface area contributed by atoms with E-state index in [9.17, 15) is 9.59 Å². The van der Waals surface area contributed by atoms with Crippen LogP contribution in [-0.2, 0) is 9.59 Å². The Morgan fingerprint density at radius 2 is 2.04 bits per heavy atom. The molecule has 1 aromatic rings. The number of hydrogen-bond acceptors (Lipinski definition) is 4. The molecule has 0 radical (unpaired) electrons. The van der Waals surface area contributed by atoms with Gasteiger partial charge in [-0.2, -0.15) is 0 Å². The van der Waals surface area contributed by atoms with Crippen LogP contribution < -0.4 is 10.2 Å². The van der Waals surface area contributed by atoms with Gasteiger partial charge >= 0.3 is 0 Å². The van der Waals surface area contributed by atoms with Gasteiger partial charge in [0.1, 0.15) is 18.8 Å². The van der Waals surface area contributed by atoms with Gasteiger partial charge in [-0.3, -0.25) is 19.8 Å². The summed E-state index contributed by atoms with van der Waals surface area (Å²) in [5.41, 5.74) is -0.277. The van der Waals surface area contributed by atoms with Crippen LogP contribution in [0, 0.1) is 5.41 Å². The quantitative estimate of drug-likeness (QED) is 0.772. The molecule has 2 heterocycles. The van der Waals surface area contributed by atoms with Gasteiger partial charge in [0.05, 0.1) is 10.7 Å². The molecule has 2 amide bonds. The number of halogens is 2. The highest BCUT2D eigenvalue weighted by Gasteiger charge is 2.52. The summed E-state index contributed by atoms with van der Waals surface area (Å²) in [6.07, 6.45) is 2.75. The number of fused-ring (bicyclic) bond motifs is 1. The summed E-state index contributed by atoms with van der Waals surface area (Å²) in [5.74, 6) is -0.112. The smallest absolute Gasteiger partial charge is 0.246 e. The van der Waals surface area contributed by atoms with Gasteiger partial charge in [0, 0.05) is 5.02 Å². The molecule has 0 bridgehead atoms. The molecule has 3 rings (SSSR count). The predicted molar refractivity (Wildman–Crippen MR) is 103 cm³/mol. The summed E-state index contributed by atoms with van der Waals surface area (Å²) < 4.78 is 0.